The molecule has 15 heavy (non-hydrogen) atoms. The average molecular weight is 202 g/mol. The molecular formula is C11H10N2O2. The summed E-state index contributed by atoms with van der Waals surface area (Å²) in [5.41, 5.74) is 1.76. The highest BCUT2D eigenvalue weighted by Gasteiger charge is 2.10. The van der Waals surface area contributed by atoms with E-state index in [2.05, 4.69) is 0 Å². The Kier molecular flexibility index (Phi) is 2.25. The van der Waals surface area contributed by atoms with Crippen molar-refractivity contribution in [1.82, 2.24) is 4.57 Å². The molecule has 0 amide bonds. The molecule has 1 heterocycles. The second-order valence-corrected chi connectivity index (χ2v) is 3.32. The van der Waals surface area contributed by atoms with E-state index in [0.29, 0.717) is 5.56 Å². The summed E-state index contributed by atoms with van der Waals surface area (Å²) >= 11 is 0. The molecule has 0 bridgehead atoms. The van der Waals surface area contributed by atoms with Gasteiger partial charge < -0.3 is 4.57 Å². The lowest BCUT2D eigenvalue weighted by atomic mass is 10.2. The highest BCUT2D eigenvalue weighted by molar-refractivity contribution is 5.47. The van der Waals surface area contributed by atoms with E-state index in [0.717, 1.165) is 5.69 Å². The van der Waals surface area contributed by atoms with Gasteiger partial charge in [0, 0.05) is 29.7 Å². The highest BCUT2D eigenvalue weighted by atomic mass is 16.6. The van der Waals surface area contributed by atoms with Crippen LogP contribution in [0.3, 0.4) is 0 Å². The van der Waals surface area contributed by atoms with Gasteiger partial charge in [-0.1, -0.05) is 0 Å². The molecule has 0 aliphatic heterocycles. The third-order valence-electron chi connectivity index (χ3n) is 2.28. The predicted octanol–water partition coefficient (Wildman–Crippen LogP) is 2.69. The van der Waals surface area contributed by atoms with Crippen LogP contribution in [0.15, 0.2) is 42.7 Å². The molecule has 4 nitrogen and oxygen atoms in total. The minimum Gasteiger partial charge on any atom is -0.324 e. The summed E-state index contributed by atoms with van der Waals surface area (Å²) in [6.45, 7) is 1.74. The summed E-state index contributed by atoms with van der Waals surface area (Å²) < 4.78 is 1.91. The van der Waals surface area contributed by atoms with Crippen LogP contribution in [-0.4, -0.2) is 9.49 Å². The van der Waals surface area contributed by atoms with E-state index in [1.165, 1.54) is 6.07 Å². The van der Waals surface area contributed by atoms with Gasteiger partial charge in [-0.3, -0.25) is 10.1 Å². The fraction of sp³-hybridized carbons (Fsp3) is 0.0909. The van der Waals surface area contributed by atoms with Crippen LogP contribution in [0.2, 0.25) is 0 Å². The Bertz CT molecular complexity index is 489. The van der Waals surface area contributed by atoms with E-state index in [1.807, 2.05) is 29.1 Å². The number of aryl methyl sites for hydroxylation is 1. The normalized spacial score (nSPS) is 10.2. The van der Waals surface area contributed by atoms with Gasteiger partial charge in [0.05, 0.1) is 4.92 Å². The molecule has 0 radical (unpaired) electrons. The number of hydrogen-bond acceptors (Lipinski definition) is 2. The molecule has 0 saturated carbocycles. The smallest absolute Gasteiger partial charge is 0.272 e. The van der Waals surface area contributed by atoms with E-state index in [4.69, 9.17) is 0 Å². The number of aromatic nitrogens is 1. The molecule has 76 valence electrons. The van der Waals surface area contributed by atoms with Crippen molar-refractivity contribution in [3.8, 4) is 5.69 Å². The number of rotatable bonds is 2. The summed E-state index contributed by atoms with van der Waals surface area (Å²) in [7, 11) is 0. The fourth-order valence-electron chi connectivity index (χ4n) is 1.51. The van der Waals surface area contributed by atoms with Gasteiger partial charge in [-0.25, -0.2) is 0 Å². The Morgan fingerprint density at radius 1 is 1.27 bits per heavy atom. The molecule has 1 aromatic carbocycles. The van der Waals surface area contributed by atoms with Crippen LogP contribution in [0.5, 0.6) is 0 Å². The standard InChI is InChI=1S/C11H10N2O2/c1-9-8-10(12-6-2-3-7-12)4-5-11(9)13(14)15/h2-8H,1H3. The second-order valence-electron chi connectivity index (χ2n) is 3.32. The lowest BCUT2D eigenvalue weighted by molar-refractivity contribution is -0.385. The summed E-state index contributed by atoms with van der Waals surface area (Å²) in [6, 6.07) is 8.90. The van der Waals surface area contributed by atoms with E-state index in [9.17, 15) is 10.1 Å². The molecule has 2 rings (SSSR count). The lowest BCUT2D eigenvalue weighted by Crippen LogP contribution is -1.95. The Morgan fingerprint density at radius 2 is 1.93 bits per heavy atom. The molecule has 1 aromatic heterocycles. The molecule has 4 heteroatoms. The monoisotopic (exact) mass is 202 g/mol. The zero-order chi connectivity index (χ0) is 10.8. The SMILES string of the molecule is Cc1cc(-n2cccc2)ccc1[N+](=O)[O-]. The molecule has 0 unspecified atom stereocenters. The highest BCUT2D eigenvalue weighted by Crippen LogP contribution is 2.20. The van der Waals surface area contributed by atoms with Crippen molar-refractivity contribution in [2.75, 3.05) is 0 Å². The van der Waals surface area contributed by atoms with Gasteiger partial charge in [-0.15, -0.1) is 0 Å². The zero-order valence-electron chi connectivity index (χ0n) is 8.25. The molecule has 0 fully saturated rings. The zero-order valence-corrected chi connectivity index (χ0v) is 8.25. The number of nitrogens with zero attached hydrogens (tertiary/aromatic N) is 2. The van der Waals surface area contributed by atoms with E-state index in [-0.39, 0.29) is 10.6 Å². The lowest BCUT2D eigenvalue weighted by Gasteiger charge is -2.04. The third-order valence-corrected chi connectivity index (χ3v) is 2.28. The minimum absolute atomic E-state index is 0.158. The molecule has 2 aromatic rings. The first-order valence-corrected chi connectivity index (χ1v) is 4.57. The van der Waals surface area contributed by atoms with Crippen LogP contribution in [0, 0.1) is 17.0 Å². The summed E-state index contributed by atoms with van der Waals surface area (Å²) in [5, 5.41) is 10.6. The predicted molar refractivity (Wildman–Crippen MR) is 57.2 cm³/mol. The first kappa shape index (κ1) is 9.45. The van der Waals surface area contributed by atoms with Gasteiger partial charge in [-0.05, 0) is 31.2 Å². The number of nitro groups is 1. The fourth-order valence-corrected chi connectivity index (χ4v) is 1.51. The molecule has 0 spiro atoms. The van der Waals surface area contributed by atoms with Gasteiger partial charge in [0.15, 0.2) is 0 Å². The van der Waals surface area contributed by atoms with Gasteiger partial charge in [-0.2, -0.15) is 0 Å². The Morgan fingerprint density at radius 3 is 2.47 bits per heavy atom. The third kappa shape index (κ3) is 1.74. The topological polar surface area (TPSA) is 48.1 Å². The summed E-state index contributed by atoms with van der Waals surface area (Å²) in [6.07, 6.45) is 3.81. The Hall–Kier alpha value is -2.10. The van der Waals surface area contributed by atoms with Crippen molar-refractivity contribution in [3.63, 3.8) is 0 Å². The van der Waals surface area contributed by atoms with Crippen molar-refractivity contribution in [1.29, 1.82) is 0 Å². The van der Waals surface area contributed by atoms with Gasteiger partial charge in [0.1, 0.15) is 0 Å². The van der Waals surface area contributed by atoms with Gasteiger partial charge >= 0.3 is 0 Å². The van der Waals surface area contributed by atoms with Crippen LogP contribution in [0.25, 0.3) is 5.69 Å². The van der Waals surface area contributed by atoms with Crippen LogP contribution >= 0.6 is 0 Å². The maximum Gasteiger partial charge on any atom is 0.272 e. The number of hydrogen-bond donors (Lipinski definition) is 0. The van der Waals surface area contributed by atoms with Crippen molar-refractivity contribution >= 4 is 5.69 Å². The van der Waals surface area contributed by atoms with E-state index < -0.39 is 0 Å². The quantitative estimate of drug-likeness (QED) is 0.555. The number of benzene rings is 1. The van der Waals surface area contributed by atoms with Crippen molar-refractivity contribution in [2.24, 2.45) is 0 Å². The molecule has 0 aliphatic carbocycles. The minimum atomic E-state index is -0.366. The first-order valence-electron chi connectivity index (χ1n) is 4.57. The Labute approximate surface area is 86.9 Å². The van der Waals surface area contributed by atoms with E-state index >= 15 is 0 Å². The van der Waals surface area contributed by atoms with Crippen LogP contribution < -0.4 is 0 Å². The van der Waals surface area contributed by atoms with Crippen LogP contribution in [0.1, 0.15) is 5.56 Å². The molecule has 0 aliphatic rings. The molecule has 0 atom stereocenters. The largest absolute Gasteiger partial charge is 0.324 e. The summed E-state index contributed by atoms with van der Waals surface area (Å²) in [5.74, 6) is 0. The van der Waals surface area contributed by atoms with Gasteiger partial charge in [0.25, 0.3) is 5.69 Å². The van der Waals surface area contributed by atoms with Gasteiger partial charge in [0.2, 0.25) is 0 Å². The maximum atomic E-state index is 10.6. The Balaban J connectivity index is 2.47. The molecule has 0 saturated heterocycles. The molecular weight excluding hydrogens is 192 g/mol. The first-order chi connectivity index (χ1) is 7.18. The van der Waals surface area contributed by atoms with Crippen LogP contribution in [-0.2, 0) is 0 Å². The van der Waals surface area contributed by atoms with E-state index in [1.54, 1.807) is 19.1 Å². The maximum absolute atomic E-state index is 10.6. The van der Waals surface area contributed by atoms with Crippen molar-refractivity contribution in [2.45, 2.75) is 6.92 Å². The van der Waals surface area contributed by atoms with Crippen molar-refractivity contribution < 1.29 is 4.92 Å². The summed E-state index contributed by atoms with van der Waals surface area (Å²) in [4.78, 5) is 10.3. The number of nitro benzene ring substituents is 1. The van der Waals surface area contributed by atoms with Crippen LogP contribution in [0.4, 0.5) is 5.69 Å². The van der Waals surface area contributed by atoms with Crippen molar-refractivity contribution in [3.05, 3.63) is 58.4 Å². The molecule has 0 N–H and O–H groups in total. The average Bonchev–Trinajstić information content (AvgIpc) is 2.69. The second kappa shape index (κ2) is 3.57.